The summed E-state index contributed by atoms with van der Waals surface area (Å²) in [4.78, 5) is 27.1. The second kappa shape index (κ2) is 6.88. The number of benzene rings is 1. The maximum atomic E-state index is 12.5. The molecule has 1 aromatic carbocycles. The van der Waals surface area contributed by atoms with E-state index in [0.29, 0.717) is 17.9 Å². The number of rotatable bonds is 5. The van der Waals surface area contributed by atoms with Gasteiger partial charge in [0.05, 0.1) is 29.0 Å². The third-order valence-electron chi connectivity index (χ3n) is 4.08. The maximum absolute atomic E-state index is 12.5. The predicted octanol–water partition coefficient (Wildman–Crippen LogP) is 2.18. The first-order chi connectivity index (χ1) is 11.6. The number of carbonyl (C=O) groups is 1. The lowest BCUT2D eigenvalue weighted by atomic mass is 10.1. The van der Waals surface area contributed by atoms with E-state index in [9.17, 15) is 14.9 Å². The molecule has 0 unspecified atom stereocenters. The van der Waals surface area contributed by atoms with Crippen molar-refractivity contribution in [1.82, 2.24) is 0 Å². The van der Waals surface area contributed by atoms with E-state index in [2.05, 4.69) is 10.1 Å². The largest absolute Gasteiger partial charge is 0.376 e. The van der Waals surface area contributed by atoms with Gasteiger partial charge >= 0.3 is 0 Å². The lowest BCUT2D eigenvalue weighted by Gasteiger charge is -2.12. The number of ether oxygens (including phenoxy) is 1. The first kappa shape index (κ1) is 16.3. The van der Waals surface area contributed by atoms with Gasteiger partial charge in [-0.3, -0.25) is 19.9 Å². The van der Waals surface area contributed by atoms with Crippen LogP contribution >= 0.6 is 0 Å². The average molecular weight is 330 g/mol. The highest BCUT2D eigenvalue weighted by molar-refractivity contribution is 6.23. The molecule has 8 heteroatoms. The van der Waals surface area contributed by atoms with Gasteiger partial charge in [-0.25, -0.2) is 0 Å². The zero-order valence-electron chi connectivity index (χ0n) is 13.3. The van der Waals surface area contributed by atoms with E-state index in [4.69, 9.17) is 4.74 Å². The van der Waals surface area contributed by atoms with Crippen LogP contribution in [0.3, 0.4) is 0 Å². The minimum Gasteiger partial charge on any atom is -0.376 e. The fourth-order valence-electron chi connectivity index (χ4n) is 2.72. The third-order valence-corrected chi connectivity index (χ3v) is 4.08. The van der Waals surface area contributed by atoms with Crippen molar-refractivity contribution in [2.45, 2.75) is 25.9 Å². The molecule has 126 valence electrons. The number of anilines is 1. The number of amides is 1. The van der Waals surface area contributed by atoms with Crippen molar-refractivity contribution in [2.24, 2.45) is 16.0 Å². The fourth-order valence-corrected chi connectivity index (χ4v) is 2.72. The van der Waals surface area contributed by atoms with Gasteiger partial charge in [0.2, 0.25) is 0 Å². The molecule has 1 amide bonds. The van der Waals surface area contributed by atoms with Crippen molar-refractivity contribution in [3.8, 4) is 0 Å². The van der Waals surface area contributed by atoms with E-state index in [1.165, 1.54) is 29.3 Å². The van der Waals surface area contributed by atoms with Crippen molar-refractivity contribution in [3.63, 3.8) is 0 Å². The number of nitro groups is 1. The molecule has 0 aliphatic carbocycles. The van der Waals surface area contributed by atoms with Gasteiger partial charge in [-0.1, -0.05) is 0 Å². The first-order valence-electron chi connectivity index (χ1n) is 7.81. The molecule has 0 spiro atoms. The van der Waals surface area contributed by atoms with Crippen LogP contribution in [0.4, 0.5) is 11.4 Å². The molecule has 0 N–H and O–H groups in total. The predicted molar refractivity (Wildman–Crippen MR) is 89.5 cm³/mol. The number of non-ortho nitro benzene ring substituents is 1. The van der Waals surface area contributed by atoms with Gasteiger partial charge in [0, 0.05) is 25.0 Å². The number of nitro benzene ring substituents is 1. The lowest BCUT2D eigenvalue weighted by molar-refractivity contribution is -0.384. The zero-order valence-corrected chi connectivity index (χ0v) is 13.3. The van der Waals surface area contributed by atoms with E-state index >= 15 is 0 Å². The van der Waals surface area contributed by atoms with E-state index in [-0.39, 0.29) is 17.7 Å². The Morgan fingerprint density at radius 3 is 2.83 bits per heavy atom. The Balaban J connectivity index is 1.67. The molecule has 0 saturated carbocycles. The van der Waals surface area contributed by atoms with Gasteiger partial charge in [-0.15, -0.1) is 0 Å². The van der Waals surface area contributed by atoms with Crippen LogP contribution < -0.4 is 5.01 Å². The molecule has 2 heterocycles. The van der Waals surface area contributed by atoms with Gasteiger partial charge in [0.1, 0.15) is 5.92 Å². The van der Waals surface area contributed by atoms with Crippen LogP contribution in [0.5, 0.6) is 0 Å². The normalized spacial score (nSPS) is 24.0. The van der Waals surface area contributed by atoms with Crippen molar-refractivity contribution in [2.75, 3.05) is 18.2 Å². The highest BCUT2D eigenvalue weighted by atomic mass is 16.6. The second-order valence-corrected chi connectivity index (χ2v) is 5.79. The first-order valence-corrected chi connectivity index (χ1v) is 7.81. The Hall–Kier alpha value is -2.61. The van der Waals surface area contributed by atoms with Crippen LogP contribution in [0, 0.1) is 16.0 Å². The molecule has 2 atom stereocenters. The van der Waals surface area contributed by atoms with Gasteiger partial charge in [0.25, 0.3) is 11.6 Å². The molecular formula is C16H18N4O4. The Kier molecular flexibility index (Phi) is 4.66. The topological polar surface area (TPSA) is 97.4 Å². The van der Waals surface area contributed by atoms with Crippen LogP contribution in [-0.2, 0) is 9.53 Å². The lowest BCUT2D eigenvalue weighted by Crippen LogP contribution is -2.28. The van der Waals surface area contributed by atoms with Crippen molar-refractivity contribution in [3.05, 3.63) is 34.4 Å². The second-order valence-electron chi connectivity index (χ2n) is 5.79. The smallest absolute Gasteiger partial charge is 0.269 e. The van der Waals surface area contributed by atoms with Crippen LogP contribution in [-0.4, -0.2) is 42.0 Å². The number of hydrogen-bond acceptors (Lipinski definition) is 6. The number of nitrogens with zero attached hydrogens (tertiary/aromatic N) is 4. The quantitative estimate of drug-likeness (QED) is 0.469. The Bertz CT molecular complexity index is 693. The molecule has 0 aromatic heterocycles. The van der Waals surface area contributed by atoms with Crippen molar-refractivity contribution in [1.29, 1.82) is 0 Å². The van der Waals surface area contributed by atoms with Gasteiger partial charge < -0.3 is 4.74 Å². The van der Waals surface area contributed by atoms with E-state index in [1.807, 2.05) is 0 Å². The van der Waals surface area contributed by atoms with Crippen LogP contribution in [0.1, 0.15) is 19.8 Å². The number of hydrogen-bond donors (Lipinski definition) is 0. The summed E-state index contributed by atoms with van der Waals surface area (Å²) in [7, 11) is 0. The summed E-state index contributed by atoms with van der Waals surface area (Å²) in [5.74, 6) is -0.709. The highest BCUT2D eigenvalue weighted by Gasteiger charge is 2.33. The fraction of sp³-hybridized carbons (Fsp3) is 0.438. The van der Waals surface area contributed by atoms with E-state index < -0.39 is 10.8 Å². The summed E-state index contributed by atoms with van der Waals surface area (Å²) in [5.41, 5.74) is 1.12. The van der Waals surface area contributed by atoms with Crippen molar-refractivity contribution < 1.29 is 14.5 Å². The number of hydrazone groups is 1. The Labute approximate surface area is 139 Å². The molecule has 0 radical (unpaired) electrons. The SMILES string of the molecule is CC1=NN(c2ccc([N+](=O)[O-])cc2)C(=O)[C@@H]1C=NC[C@@H]1CCCO1. The molecule has 2 aliphatic heterocycles. The monoisotopic (exact) mass is 330 g/mol. The summed E-state index contributed by atoms with van der Waals surface area (Å²) < 4.78 is 5.50. The van der Waals surface area contributed by atoms with Crippen LogP contribution in [0.25, 0.3) is 0 Å². The van der Waals surface area contributed by atoms with E-state index in [1.54, 1.807) is 13.1 Å². The van der Waals surface area contributed by atoms with Crippen LogP contribution in [0.15, 0.2) is 34.4 Å². The maximum Gasteiger partial charge on any atom is 0.269 e. The Morgan fingerprint density at radius 2 is 2.21 bits per heavy atom. The van der Waals surface area contributed by atoms with Crippen LogP contribution in [0.2, 0.25) is 0 Å². The summed E-state index contributed by atoms with van der Waals surface area (Å²) in [6, 6.07) is 5.73. The third kappa shape index (κ3) is 3.33. The molecule has 1 aromatic rings. The molecule has 24 heavy (non-hydrogen) atoms. The summed E-state index contributed by atoms with van der Waals surface area (Å²) in [6.07, 6.45) is 3.81. The minimum atomic E-state index is -0.499. The molecule has 2 aliphatic rings. The number of aliphatic imine (C=N–C) groups is 1. The molecule has 3 rings (SSSR count). The van der Waals surface area contributed by atoms with Gasteiger partial charge in [-0.05, 0) is 31.9 Å². The molecule has 8 nitrogen and oxygen atoms in total. The standard InChI is InChI=1S/C16H18N4O4/c1-11-15(10-17-9-14-3-2-8-24-14)16(21)19(18-11)12-4-6-13(7-5-12)20(22)23/h4-7,10,14-15H,2-3,8-9H2,1H3/t14-,15+/m0/s1. The van der Waals surface area contributed by atoms with Gasteiger partial charge in [-0.2, -0.15) is 10.1 Å². The van der Waals surface area contributed by atoms with Crippen molar-refractivity contribution >= 4 is 29.2 Å². The number of carbonyl (C=O) groups excluding carboxylic acids is 1. The summed E-state index contributed by atoms with van der Waals surface area (Å²) >= 11 is 0. The van der Waals surface area contributed by atoms with Gasteiger partial charge in [0.15, 0.2) is 0 Å². The zero-order chi connectivity index (χ0) is 17.1. The summed E-state index contributed by atoms with van der Waals surface area (Å²) in [6.45, 7) is 3.09. The molecule has 1 fully saturated rings. The minimum absolute atomic E-state index is 0.0271. The highest BCUT2D eigenvalue weighted by Crippen LogP contribution is 2.25. The Morgan fingerprint density at radius 1 is 1.46 bits per heavy atom. The summed E-state index contributed by atoms with van der Waals surface area (Å²) in [5, 5.41) is 16.2. The van der Waals surface area contributed by atoms with E-state index in [0.717, 1.165) is 19.4 Å². The average Bonchev–Trinajstić information content (AvgIpc) is 3.18. The molecule has 1 saturated heterocycles. The molecular weight excluding hydrogens is 312 g/mol. The molecule has 0 bridgehead atoms.